The van der Waals surface area contributed by atoms with Crippen LogP contribution in [0.3, 0.4) is 0 Å². The van der Waals surface area contributed by atoms with Crippen molar-refractivity contribution in [1.82, 2.24) is 15.5 Å². The maximum absolute atomic E-state index is 13.8. The first-order valence-corrected chi connectivity index (χ1v) is 9.71. The lowest BCUT2D eigenvalue weighted by molar-refractivity contribution is 0.206. The normalized spacial score (nSPS) is 16.2. The van der Waals surface area contributed by atoms with Crippen LogP contribution in [0.4, 0.5) is 4.39 Å². The SMILES string of the molecule is CCCN1CCC(NC(=NCCc2c(F)cccc2Cl)NCC)CC1.I. The van der Waals surface area contributed by atoms with Gasteiger partial charge < -0.3 is 15.5 Å². The van der Waals surface area contributed by atoms with Gasteiger partial charge in [0, 0.05) is 42.8 Å². The van der Waals surface area contributed by atoms with Crippen molar-refractivity contribution in [3.8, 4) is 0 Å². The van der Waals surface area contributed by atoms with Gasteiger partial charge in [0.25, 0.3) is 0 Å². The van der Waals surface area contributed by atoms with Gasteiger partial charge in [0.05, 0.1) is 0 Å². The number of nitrogens with zero attached hydrogens (tertiary/aromatic N) is 2. The van der Waals surface area contributed by atoms with Gasteiger partial charge in [-0.2, -0.15) is 0 Å². The molecule has 1 aromatic rings. The predicted molar refractivity (Wildman–Crippen MR) is 119 cm³/mol. The van der Waals surface area contributed by atoms with Gasteiger partial charge >= 0.3 is 0 Å². The van der Waals surface area contributed by atoms with Crippen LogP contribution in [0.2, 0.25) is 5.02 Å². The summed E-state index contributed by atoms with van der Waals surface area (Å²) in [7, 11) is 0. The molecule has 0 radical (unpaired) electrons. The van der Waals surface area contributed by atoms with E-state index in [4.69, 9.17) is 11.6 Å². The highest BCUT2D eigenvalue weighted by molar-refractivity contribution is 14.0. The average Bonchev–Trinajstić information content (AvgIpc) is 2.59. The highest BCUT2D eigenvalue weighted by Crippen LogP contribution is 2.19. The summed E-state index contributed by atoms with van der Waals surface area (Å²) in [5.74, 6) is 0.549. The number of hydrogen-bond donors (Lipinski definition) is 2. The fraction of sp³-hybridized carbons (Fsp3) is 0.632. The van der Waals surface area contributed by atoms with Gasteiger partial charge in [-0.05, 0) is 51.3 Å². The van der Waals surface area contributed by atoms with E-state index in [1.54, 1.807) is 12.1 Å². The van der Waals surface area contributed by atoms with Crippen molar-refractivity contribution in [2.45, 2.75) is 45.6 Å². The number of halogens is 3. The van der Waals surface area contributed by atoms with Crippen LogP contribution in [0.1, 0.15) is 38.7 Å². The fourth-order valence-corrected chi connectivity index (χ4v) is 3.44. The second kappa shape index (κ2) is 12.7. The van der Waals surface area contributed by atoms with Crippen molar-refractivity contribution in [1.29, 1.82) is 0 Å². The summed E-state index contributed by atoms with van der Waals surface area (Å²) in [6.07, 6.45) is 3.96. The molecule has 1 aromatic carbocycles. The van der Waals surface area contributed by atoms with Crippen molar-refractivity contribution in [3.63, 3.8) is 0 Å². The Kier molecular flexibility index (Phi) is 11.5. The Balaban J connectivity index is 0.00000338. The van der Waals surface area contributed by atoms with Crippen LogP contribution in [0.25, 0.3) is 0 Å². The molecule has 0 atom stereocenters. The van der Waals surface area contributed by atoms with Crippen molar-refractivity contribution >= 4 is 41.5 Å². The zero-order valence-electron chi connectivity index (χ0n) is 15.7. The van der Waals surface area contributed by atoms with Gasteiger partial charge in [-0.3, -0.25) is 4.99 Å². The minimum atomic E-state index is -0.260. The summed E-state index contributed by atoms with van der Waals surface area (Å²) in [6, 6.07) is 5.24. The molecule has 7 heteroatoms. The topological polar surface area (TPSA) is 39.7 Å². The number of likely N-dealkylation sites (tertiary alicyclic amines) is 1. The molecule has 0 aliphatic carbocycles. The summed E-state index contributed by atoms with van der Waals surface area (Å²) in [4.78, 5) is 7.11. The van der Waals surface area contributed by atoms with Crippen LogP contribution in [0.5, 0.6) is 0 Å². The molecule has 26 heavy (non-hydrogen) atoms. The van der Waals surface area contributed by atoms with Crippen LogP contribution in [0.15, 0.2) is 23.2 Å². The first kappa shape index (κ1) is 23.4. The summed E-state index contributed by atoms with van der Waals surface area (Å²) >= 11 is 6.08. The third-order valence-electron chi connectivity index (χ3n) is 4.51. The molecule has 1 fully saturated rings. The number of nitrogens with one attached hydrogen (secondary N) is 2. The summed E-state index contributed by atoms with van der Waals surface area (Å²) < 4.78 is 13.8. The van der Waals surface area contributed by atoms with Crippen LogP contribution in [-0.2, 0) is 6.42 Å². The van der Waals surface area contributed by atoms with Crippen molar-refractivity contribution in [2.24, 2.45) is 4.99 Å². The second-order valence-electron chi connectivity index (χ2n) is 6.47. The van der Waals surface area contributed by atoms with Gasteiger partial charge in [-0.1, -0.05) is 24.6 Å². The van der Waals surface area contributed by atoms with E-state index in [9.17, 15) is 4.39 Å². The number of benzene rings is 1. The molecule has 1 aliphatic heterocycles. The predicted octanol–water partition coefficient (Wildman–Crippen LogP) is 4.07. The standard InChI is InChI=1S/C19H30ClFN4.HI/c1-3-12-25-13-9-15(10-14-25)24-19(22-4-2)23-11-8-16-17(20)6-5-7-18(16)21;/h5-7,15H,3-4,8-14H2,1-2H3,(H2,22,23,24);1H. The minimum absolute atomic E-state index is 0. The Labute approximate surface area is 179 Å². The molecule has 2 rings (SSSR count). The van der Waals surface area contributed by atoms with Crippen LogP contribution < -0.4 is 10.6 Å². The van der Waals surface area contributed by atoms with E-state index in [1.165, 1.54) is 19.0 Å². The lowest BCUT2D eigenvalue weighted by Gasteiger charge is -2.32. The molecule has 1 heterocycles. The van der Waals surface area contributed by atoms with Gasteiger partial charge in [0.15, 0.2) is 5.96 Å². The highest BCUT2D eigenvalue weighted by atomic mass is 127. The first-order chi connectivity index (χ1) is 12.1. The zero-order chi connectivity index (χ0) is 18.1. The first-order valence-electron chi connectivity index (χ1n) is 9.34. The van der Waals surface area contributed by atoms with Gasteiger partial charge in [0.2, 0.25) is 0 Å². The molecule has 0 spiro atoms. The number of guanidine groups is 1. The third kappa shape index (κ3) is 7.56. The van der Waals surface area contributed by atoms with Gasteiger partial charge in [-0.15, -0.1) is 24.0 Å². The van der Waals surface area contributed by atoms with Crippen LogP contribution in [0, 0.1) is 5.82 Å². The monoisotopic (exact) mass is 496 g/mol. The lowest BCUT2D eigenvalue weighted by atomic mass is 10.1. The Bertz CT molecular complexity index is 542. The van der Waals surface area contributed by atoms with E-state index in [2.05, 4.69) is 34.4 Å². The molecule has 0 saturated carbocycles. The number of piperidine rings is 1. The molecule has 148 valence electrons. The van der Waals surface area contributed by atoms with E-state index >= 15 is 0 Å². The molecule has 0 amide bonds. The molecule has 0 aromatic heterocycles. The van der Waals surface area contributed by atoms with E-state index in [1.807, 2.05) is 0 Å². The summed E-state index contributed by atoms with van der Waals surface area (Å²) in [6.45, 7) is 9.04. The average molecular weight is 497 g/mol. The smallest absolute Gasteiger partial charge is 0.191 e. The molecule has 0 unspecified atom stereocenters. The Morgan fingerprint density at radius 3 is 2.65 bits per heavy atom. The van der Waals surface area contributed by atoms with E-state index in [0.29, 0.717) is 29.6 Å². The van der Waals surface area contributed by atoms with Crippen molar-refractivity contribution in [2.75, 3.05) is 32.7 Å². The minimum Gasteiger partial charge on any atom is -0.357 e. The molecular weight excluding hydrogens is 466 g/mol. The van der Waals surface area contributed by atoms with Crippen LogP contribution >= 0.6 is 35.6 Å². The van der Waals surface area contributed by atoms with Gasteiger partial charge in [0.1, 0.15) is 5.82 Å². The Morgan fingerprint density at radius 2 is 2.04 bits per heavy atom. The molecule has 4 nitrogen and oxygen atoms in total. The quantitative estimate of drug-likeness (QED) is 0.340. The Hall–Kier alpha value is -0.600. The van der Waals surface area contributed by atoms with Gasteiger partial charge in [-0.25, -0.2) is 4.39 Å². The molecule has 1 aliphatic rings. The third-order valence-corrected chi connectivity index (χ3v) is 4.86. The molecule has 2 N–H and O–H groups in total. The maximum Gasteiger partial charge on any atom is 0.191 e. The van der Waals surface area contributed by atoms with Crippen LogP contribution in [-0.4, -0.2) is 49.6 Å². The largest absolute Gasteiger partial charge is 0.357 e. The number of hydrogen-bond acceptors (Lipinski definition) is 2. The van der Waals surface area contributed by atoms with E-state index in [-0.39, 0.29) is 29.8 Å². The highest BCUT2D eigenvalue weighted by Gasteiger charge is 2.19. The lowest BCUT2D eigenvalue weighted by Crippen LogP contribution is -2.48. The van der Waals surface area contributed by atoms with Crippen molar-refractivity contribution in [3.05, 3.63) is 34.6 Å². The Morgan fingerprint density at radius 1 is 1.31 bits per heavy atom. The summed E-state index contributed by atoms with van der Waals surface area (Å²) in [5, 5.41) is 7.27. The zero-order valence-corrected chi connectivity index (χ0v) is 18.8. The van der Waals surface area contributed by atoms with E-state index in [0.717, 1.165) is 38.4 Å². The fourth-order valence-electron chi connectivity index (χ4n) is 3.18. The maximum atomic E-state index is 13.8. The molecule has 0 bridgehead atoms. The van der Waals surface area contributed by atoms with E-state index < -0.39 is 0 Å². The summed E-state index contributed by atoms with van der Waals surface area (Å²) in [5.41, 5.74) is 0.539. The number of aliphatic imine (C=N–C) groups is 1. The number of rotatable bonds is 7. The molecule has 1 saturated heterocycles. The molecular formula is C19H31ClFIN4. The second-order valence-corrected chi connectivity index (χ2v) is 6.88. The van der Waals surface area contributed by atoms with Crippen molar-refractivity contribution < 1.29 is 4.39 Å².